The number of sulfonamides is 1. The van der Waals surface area contributed by atoms with Gasteiger partial charge in [-0.15, -0.1) is 0 Å². The number of carbonyl (C=O) groups is 1. The Morgan fingerprint density at radius 3 is 2.54 bits per heavy atom. The van der Waals surface area contributed by atoms with E-state index in [0.717, 1.165) is 19.4 Å². The van der Waals surface area contributed by atoms with Gasteiger partial charge in [0.15, 0.2) is 0 Å². The summed E-state index contributed by atoms with van der Waals surface area (Å²) < 4.78 is 33.2. The van der Waals surface area contributed by atoms with Crippen LogP contribution in [0.1, 0.15) is 33.1 Å². The van der Waals surface area contributed by atoms with Gasteiger partial charge in [0, 0.05) is 32.1 Å². The number of methoxy groups -OCH3 is 1. The highest BCUT2D eigenvalue weighted by Gasteiger charge is 2.39. The third-order valence-electron chi connectivity index (χ3n) is 5.29. The van der Waals surface area contributed by atoms with Crippen molar-refractivity contribution in [2.75, 3.05) is 26.7 Å². The third kappa shape index (κ3) is 3.88. The lowest BCUT2D eigenvalue weighted by atomic mass is 10.0. The quantitative estimate of drug-likeness (QED) is 0.760. The van der Waals surface area contributed by atoms with Crippen LogP contribution >= 0.6 is 0 Å². The molecule has 0 radical (unpaired) electrons. The fourth-order valence-corrected chi connectivity index (χ4v) is 5.14. The maximum Gasteiger partial charge on any atom is 0.246 e. The number of nitrogens with zero attached hydrogens (tertiary/aromatic N) is 2. The molecule has 0 spiro atoms. The predicted octanol–water partition coefficient (Wildman–Crippen LogP) is 2.35. The Labute approximate surface area is 156 Å². The summed E-state index contributed by atoms with van der Waals surface area (Å²) in [4.78, 5) is 14.8. The zero-order valence-electron chi connectivity index (χ0n) is 15.7. The van der Waals surface area contributed by atoms with E-state index >= 15 is 0 Å². The Morgan fingerprint density at radius 2 is 1.92 bits per heavy atom. The van der Waals surface area contributed by atoms with Crippen LogP contribution in [0.5, 0.6) is 5.75 Å². The van der Waals surface area contributed by atoms with Crippen LogP contribution in [-0.4, -0.2) is 56.3 Å². The average Bonchev–Trinajstić information content (AvgIpc) is 3.44. The number of benzene rings is 1. The molecule has 1 atom stereocenters. The van der Waals surface area contributed by atoms with Gasteiger partial charge >= 0.3 is 0 Å². The Kier molecular flexibility index (Phi) is 5.58. The molecule has 7 heteroatoms. The zero-order chi connectivity index (χ0) is 18.9. The molecule has 144 valence electrons. The summed E-state index contributed by atoms with van der Waals surface area (Å²) in [7, 11) is -2.26. The second-order valence-electron chi connectivity index (χ2n) is 7.56. The highest BCUT2D eigenvalue weighted by Crippen LogP contribution is 2.33. The lowest BCUT2D eigenvalue weighted by Gasteiger charge is -2.34. The second-order valence-corrected chi connectivity index (χ2v) is 9.47. The topological polar surface area (TPSA) is 66.9 Å². The zero-order valence-corrected chi connectivity index (χ0v) is 16.5. The van der Waals surface area contributed by atoms with Gasteiger partial charge in [0.2, 0.25) is 15.9 Å². The lowest BCUT2D eigenvalue weighted by Crippen LogP contribution is -2.48. The van der Waals surface area contributed by atoms with E-state index in [2.05, 4.69) is 13.8 Å². The minimum absolute atomic E-state index is 0.0633. The Balaban J connectivity index is 1.91. The van der Waals surface area contributed by atoms with E-state index in [-0.39, 0.29) is 35.7 Å². The largest absolute Gasteiger partial charge is 0.495 e. The molecule has 1 aliphatic carbocycles. The second kappa shape index (κ2) is 7.56. The minimum atomic E-state index is -3.72. The number of hydrogen-bond acceptors (Lipinski definition) is 4. The number of para-hydroxylation sites is 1. The molecule has 1 heterocycles. The predicted molar refractivity (Wildman–Crippen MR) is 99.4 cm³/mol. The highest BCUT2D eigenvalue weighted by molar-refractivity contribution is 7.89. The number of carbonyl (C=O) groups excluding carboxylic acids is 1. The molecule has 26 heavy (non-hydrogen) atoms. The summed E-state index contributed by atoms with van der Waals surface area (Å²) in [6, 6.07) is 6.55. The molecule has 1 aliphatic heterocycles. The van der Waals surface area contributed by atoms with Crippen molar-refractivity contribution in [1.29, 1.82) is 0 Å². The van der Waals surface area contributed by atoms with E-state index in [9.17, 15) is 13.2 Å². The van der Waals surface area contributed by atoms with E-state index in [1.54, 1.807) is 24.3 Å². The monoisotopic (exact) mass is 380 g/mol. The molecular weight excluding hydrogens is 352 g/mol. The van der Waals surface area contributed by atoms with Crippen LogP contribution in [-0.2, 0) is 14.8 Å². The van der Waals surface area contributed by atoms with E-state index in [4.69, 9.17) is 4.74 Å². The van der Waals surface area contributed by atoms with Crippen LogP contribution in [0.2, 0.25) is 0 Å². The summed E-state index contributed by atoms with van der Waals surface area (Å²) in [6.45, 7) is 5.40. The van der Waals surface area contributed by atoms with Gasteiger partial charge in [0.05, 0.1) is 7.11 Å². The number of hydrogen-bond donors (Lipinski definition) is 0. The van der Waals surface area contributed by atoms with E-state index in [1.165, 1.54) is 11.4 Å². The smallest absolute Gasteiger partial charge is 0.246 e. The molecule has 0 aromatic heterocycles. The Hall–Kier alpha value is -1.60. The van der Waals surface area contributed by atoms with Crippen molar-refractivity contribution in [1.82, 2.24) is 9.21 Å². The number of rotatable bonds is 6. The SMILES string of the molecule is COc1ccccc1S(=O)(=O)N1CCC(=O)N(CC2CC2)[C@@H](C(C)C)C1. The third-order valence-corrected chi connectivity index (χ3v) is 7.20. The van der Waals surface area contributed by atoms with Crippen LogP contribution in [0.4, 0.5) is 0 Å². The fourth-order valence-electron chi connectivity index (χ4n) is 3.52. The summed E-state index contributed by atoms with van der Waals surface area (Å²) in [6.07, 6.45) is 2.56. The molecule has 2 aliphatic rings. The molecular formula is C19H28N2O4S. The van der Waals surface area contributed by atoms with Crippen molar-refractivity contribution in [2.45, 2.75) is 44.0 Å². The molecule has 0 bridgehead atoms. The molecule has 3 rings (SSSR count). The summed E-state index contributed by atoms with van der Waals surface area (Å²) >= 11 is 0. The molecule has 1 aromatic rings. The van der Waals surface area contributed by atoms with Gasteiger partial charge < -0.3 is 9.64 Å². The molecule has 1 amide bonds. The maximum absolute atomic E-state index is 13.3. The van der Waals surface area contributed by atoms with Crippen molar-refractivity contribution in [3.63, 3.8) is 0 Å². The first-order valence-electron chi connectivity index (χ1n) is 9.27. The lowest BCUT2D eigenvalue weighted by molar-refractivity contribution is -0.133. The first kappa shape index (κ1) is 19.2. The maximum atomic E-state index is 13.3. The molecule has 1 saturated carbocycles. The molecule has 1 aromatic carbocycles. The van der Waals surface area contributed by atoms with E-state index < -0.39 is 10.0 Å². The van der Waals surface area contributed by atoms with Crippen molar-refractivity contribution in [2.24, 2.45) is 11.8 Å². The van der Waals surface area contributed by atoms with Crippen molar-refractivity contribution >= 4 is 15.9 Å². The fraction of sp³-hybridized carbons (Fsp3) is 0.632. The molecule has 6 nitrogen and oxygen atoms in total. The van der Waals surface area contributed by atoms with Crippen LogP contribution in [0, 0.1) is 11.8 Å². The average molecular weight is 381 g/mol. The normalized spacial score (nSPS) is 22.5. The number of ether oxygens (including phenoxy) is 1. The van der Waals surface area contributed by atoms with Crippen LogP contribution in [0.3, 0.4) is 0 Å². The molecule has 0 N–H and O–H groups in total. The van der Waals surface area contributed by atoms with E-state index in [0.29, 0.717) is 18.2 Å². The van der Waals surface area contributed by atoms with Crippen LogP contribution < -0.4 is 4.74 Å². The van der Waals surface area contributed by atoms with Gasteiger partial charge in [-0.3, -0.25) is 4.79 Å². The summed E-state index contributed by atoms with van der Waals surface area (Å²) in [5.74, 6) is 1.16. The van der Waals surface area contributed by atoms with Gasteiger partial charge in [-0.05, 0) is 36.8 Å². The van der Waals surface area contributed by atoms with Gasteiger partial charge in [0.1, 0.15) is 10.6 Å². The van der Waals surface area contributed by atoms with E-state index in [1.807, 2.05) is 4.90 Å². The molecule has 2 fully saturated rings. The van der Waals surface area contributed by atoms with Crippen molar-refractivity contribution in [3.8, 4) is 5.75 Å². The standard InChI is InChI=1S/C19H28N2O4S/c1-14(2)16-13-20(11-10-19(22)21(16)12-15-8-9-15)26(23,24)18-7-5-4-6-17(18)25-3/h4-7,14-16H,8-13H2,1-3H3/t16-/m1/s1. The van der Waals surface area contributed by atoms with Gasteiger partial charge in [0.25, 0.3) is 0 Å². The minimum Gasteiger partial charge on any atom is -0.495 e. The summed E-state index contributed by atoms with van der Waals surface area (Å²) in [5, 5.41) is 0. The summed E-state index contributed by atoms with van der Waals surface area (Å²) in [5.41, 5.74) is 0. The van der Waals surface area contributed by atoms with Crippen molar-refractivity contribution < 1.29 is 17.9 Å². The Bertz CT molecular complexity index is 759. The molecule has 1 saturated heterocycles. The first-order valence-corrected chi connectivity index (χ1v) is 10.7. The van der Waals surface area contributed by atoms with Gasteiger partial charge in [-0.2, -0.15) is 4.31 Å². The van der Waals surface area contributed by atoms with Crippen LogP contribution in [0.25, 0.3) is 0 Å². The van der Waals surface area contributed by atoms with Gasteiger partial charge in [-0.25, -0.2) is 8.42 Å². The highest BCUT2D eigenvalue weighted by atomic mass is 32.2. The van der Waals surface area contributed by atoms with Crippen LogP contribution in [0.15, 0.2) is 29.2 Å². The van der Waals surface area contributed by atoms with Crippen molar-refractivity contribution in [3.05, 3.63) is 24.3 Å². The van der Waals surface area contributed by atoms with Gasteiger partial charge in [-0.1, -0.05) is 26.0 Å². The Morgan fingerprint density at radius 1 is 1.23 bits per heavy atom. The molecule has 0 unspecified atom stereocenters. The first-order chi connectivity index (χ1) is 12.3. The number of amides is 1.